The lowest BCUT2D eigenvalue weighted by Gasteiger charge is -2.25. The first kappa shape index (κ1) is 8.57. The Bertz CT molecular complexity index is 242. The van der Waals surface area contributed by atoms with Crippen LogP contribution in [0.3, 0.4) is 0 Å². The second-order valence-electron chi connectivity index (χ2n) is 3.35. The minimum atomic E-state index is 0.726. The van der Waals surface area contributed by atoms with E-state index in [0.29, 0.717) is 0 Å². The van der Waals surface area contributed by atoms with Gasteiger partial charge in [0.05, 0.1) is 19.8 Å². The lowest BCUT2D eigenvalue weighted by molar-refractivity contribution is -0.0401. The summed E-state index contributed by atoms with van der Waals surface area (Å²) in [6.07, 6.45) is 1.11. The minimum absolute atomic E-state index is 0.726. The van der Waals surface area contributed by atoms with Crippen LogP contribution in [0.1, 0.15) is 6.42 Å². The average molecular weight is 178 g/mol. The van der Waals surface area contributed by atoms with E-state index in [1.54, 1.807) is 0 Å². The summed E-state index contributed by atoms with van der Waals surface area (Å²) in [5.74, 6) is 1.69. The fourth-order valence-electron chi connectivity index (χ4n) is 1.31. The van der Waals surface area contributed by atoms with Gasteiger partial charge in [-0.1, -0.05) is 18.2 Å². The zero-order chi connectivity index (χ0) is 8.93. The molecule has 0 amide bonds. The van der Waals surface area contributed by atoms with Crippen molar-refractivity contribution in [2.45, 2.75) is 6.42 Å². The smallest absolute Gasteiger partial charge is 0.119 e. The van der Waals surface area contributed by atoms with E-state index in [2.05, 4.69) is 0 Å². The summed E-state index contributed by atoms with van der Waals surface area (Å²) in [5.41, 5.74) is 0. The summed E-state index contributed by atoms with van der Waals surface area (Å²) in [7, 11) is 0. The summed E-state index contributed by atoms with van der Waals surface area (Å²) >= 11 is 0. The number of rotatable bonds is 4. The molecule has 0 radical (unpaired) electrons. The van der Waals surface area contributed by atoms with Crippen LogP contribution in [0.25, 0.3) is 0 Å². The highest BCUT2D eigenvalue weighted by Crippen LogP contribution is 2.15. The molecule has 13 heavy (non-hydrogen) atoms. The van der Waals surface area contributed by atoms with Crippen molar-refractivity contribution in [1.29, 1.82) is 0 Å². The second kappa shape index (κ2) is 4.28. The van der Waals surface area contributed by atoms with Crippen LogP contribution in [0, 0.1) is 5.92 Å². The Kier molecular flexibility index (Phi) is 2.82. The quantitative estimate of drug-likeness (QED) is 0.703. The molecule has 2 heteroatoms. The van der Waals surface area contributed by atoms with Crippen molar-refractivity contribution in [3.63, 3.8) is 0 Å². The molecule has 1 saturated heterocycles. The van der Waals surface area contributed by atoms with Crippen LogP contribution in [0.4, 0.5) is 0 Å². The summed E-state index contributed by atoms with van der Waals surface area (Å²) in [6.45, 7) is 2.63. The molecule has 0 aliphatic carbocycles. The maximum atomic E-state index is 5.56. The highest BCUT2D eigenvalue weighted by atomic mass is 16.5. The van der Waals surface area contributed by atoms with Crippen molar-refractivity contribution >= 4 is 0 Å². The maximum Gasteiger partial charge on any atom is 0.119 e. The van der Waals surface area contributed by atoms with Crippen molar-refractivity contribution in [2.24, 2.45) is 5.92 Å². The molecule has 0 N–H and O–H groups in total. The molecule has 0 bridgehead atoms. The van der Waals surface area contributed by atoms with Gasteiger partial charge in [0.25, 0.3) is 0 Å². The topological polar surface area (TPSA) is 18.5 Å². The largest absolute Gasteiger partial charge is 0.494 e. The first-order chi connectivity index (χ1) is 6.45. The van der Waals surface area contributed by atoms with Crippen molar-refractivity contribution in [1.82, 2.24) is 0 Å². The Morgan fingerprint density at radius 3 is 2.62 bits per heavy atom. The molecule has 1 heterocycles. The molecule has 1 aromatic carbocycles. The average Bonchev–Trinajstić information content (AvgIpc) is 2.11. The van der Waals surface area contributed by atoms with Crippen LogP contribution in [0.5, 0.6) is 5.75 Å². The molecule has 1 aromatic rings. The number of benzene rings is 1. The van der Waals surface area contributed by atoms with E-state index < -0.39 is 0 Å². The van der Waals surface area contributed by atoms with Gasteiger partial charge in [-0.2, -0.15) is 0 Å². The molecule has 2 rings (SSSR count). The van der Waals surface area contributed by atoms with Crippen LogP contribution < -0.4 is 4.74 Å². The van der Waals surface area contributed by atoms with Crippen molar-refractivity contribution < 1.29 is 9.47 Å². The molecule has 2 nitrogen and oxygen atoms in total. The molecule has 70 valence electrons. The lowest BCUT2D eigenvalue weighted by atomic mass is 10.1. The predicted molar refractivity (Wildman–Crippen MR) is 50.9 cm³/mol. The van der Waals surface area contributed by atoms with Crippen molar-refractivity contribution in [2.75, 3.05) is 19.8 Å². The van der Waals surface area contributed by atoms with Crippen molar-refractivity contribution in [3.05, 3.63) is 30.3 Å². The molecule has 0 unspecified atom stereocenters. The van der Waals surface area contributed by atoms with E-state index in [0.717, 1.165) is 37.9 Å². The molecule has 0 saturated carbocycles. The zero-order valence-corrected chi connectivity index (χ0v) is 7.61. The van der Waals surface area contributed by atoms with E-state index >= 15 is 0 Å². The first-order valence-corrected chi connectivity index (χ1v) is 4.71. The molecule has 1 fully saturated rings. The standard InChI is InChI=1S/C11H14O2/c1-2-4-11(5-3-1)13-7-6-10-8-12-9-10/h1-5,10H,6-9H2. The fraction of sp³-hybridized carbons (Fsp3) is 0.455. The predicted octanol–water partition coefficient (Wildman–Crippen LogP) is 2.10. The Balaban J connectivity index is 1.67. The van der Waals surface area contributed by atoms with Crippen LogP contribution in [-0.2, 0) is 4.74 Å². The van der Waals surface area contributed by atoms with E-state index in [-0.39, 0.29) is 0 Å². The molecule has 0 aromatic heterocycles. The van der Waals surface area contributed by atoms with Gasteiger partial charge in [-0.05, 0) is 18.6 Å². The van der Waals surface area contributed by atoms with Crippen LogP contribution >= 0.6 is 0 Å². The minimum Gasteiger partial charge on any atom is -0.494 e. The van der Waals surface area contributed by atoms with Crippen molar-refractivity contribution in [3.8, 4) is 5.75 Å². The summed E-state index contributed by atoms with van der Waals surface area (Å²) in [4.78, 5) is 0. The second-order valence-corrected chi connectivity index (χ2v) is 3.35. The third-order valence-electron chi connectivity index (χ3n) is 2.25. The van der Waals surface area contributed by atoms with Gasteiger partial charge in [-0.15, -0.1) is 0 Å². The highest BCUT2D eigenvalue weighted by molar-refractivity contribution is 5.20. The number of hydrogen-bond acceptors (Lipinski definition) is 2. The maximum absolute atomic E-state index is 5.56. The van der Waals surface area contributed by atoms with Crippen LogP contribution in [-0.4, -0.2) is 19.8 Å². The molecule has 1 aliphatic heterocycles. The van der Waals surface area contributed by atoms with E-state index in [1.807, 2.05) is 30.3 Å². The monoisotopic (exact) mass is 178 g/mol. The lowest BCUT2D eigenvalue weighted by Crippen LogP contribution is -2.28. The third kappa shape index (κ3) is 2.46. The van der Waals surface area contributed by atoms with Gasteiger partial charge < -0.3 is 9.47 Å². The Morgan fingerprint density at radius 2 is 2.00 bits per heavy atom. The van der Waals surface area contributed by atoms with Gasteiger partial charge in [-0.3, -0.25) is 0 Å². The van der Waals surface area contributed by atoms with Gasteiger partial charge in [0.1, 0.15) is 5.75 Å². The van der Waals surface area contributed by atoms with Gasteiger partial charge in [0.2, 0.25) is 0 Å². The van der Waals surface area contributed by atoms with Gasteiger partial charge in [0.15, 0.2) is 0 Å². The number of para-hydroxylation sites is 1. The van der Waals surface area contributed by atoms with Gasteiger partial charge in [0, 0.05) is 5.92 Å². The molecular formula is C11H14O2. The van der Waals surface area contributed by atoms with E-state index in [9.17, 15) is 0 Å². The first-order valence-electron chi connectivity index (χ1n) is 4.71. The Labute approximate surface area is 78.5 Å². The number of ether oxygens (including phenoxy) is 2. The summed E-state index contributed by atoms with van der Waals surface area (Å²) in [6, 6.07) is 9.94. The molecule has 0 spiro atoms. The SMILES string of the molecule is c1ccc(OCCC2COC2)cc1. The van der Waals surface area contributed by atoms with E-state index in [1.165, 1.54) is 0 Å². The third-order valence-corrected chi connectivity index (χ3v) is 2.25. The highest BCUT2D eigenvalue weighted by Gasteiger charge is 2.17. The Hall–Kier alpha value is -1.02. The Morgan fingerprint density at radius 1 is 1.23 bits per heavy atom. The van der Waals surface area contributed by atoms with Crippen LogP contribution in [0.2, 0.25) is 0 Å². The number of hydrogen-bond donors (Lipinski definition) is 0. The zero-order valence-electron chi connectivity index (χ0n) is 7.61. The molecular weight excluding hydrogens is 164 g/mol. The molecule has 0 atom stereocenters. The fourth-order valence-corrected chi connectivity index (χ4v) is 1.31. The van der Waals surface area contributed by atoms with Gasteiger partial charge >= 0.3 is 0 Å². The molecule has 1 aliphatic rings. The van der Waals surface area contributed by atoms with E-state index in [4.69, 9.17) is 9.47 Å². The normalized spacial score (nSPS) is 16.6. The van der Waals surface area contributed by atoms with Crippen LogP contribution in [0.15, 0.2) is 30.3 Å². The summed E-state index contributed by atoms with van der Waals surface area (Å²) < 4.78 is 10.6. The van der Waals surface area contributed by atoms with Gasteiger partial charge in [-0.25, -0.2) is 0 Å². The summed E-state index contributed by atoms with van der Waals surface area (Å²) in [5, 5.41) is 0.